The topological polar surface area (TPSA) is 80.1 Å². The van der Waals surface area contributed by atoms with Crippen LogP contribution < -0.4 is 5.32 Å². The van der Waals surface area contributed by atoms with Gasteiger partial charge in [-0.3, -0.25) is 9.59 Å². The fourth-order valence-electron chi connectivity index (χ4n) is 4.26. The van der Waals surface area contributed by atoms with Gasteiger partial charge in [0.15, 0.2) is 0 Å². The molecule has 0 bridgehead atoms. The number of nitrogens with one attached hydrogen (secondary N) is 1. The summed E-state index contributed by atoms with van der Waals surface area (Å²) in [6.45, 7) is 2.19. The van der Waals surface area contributed by atoms with E-state index in [1.165, 1.54) is 12.5 Å². The Labute approximate surface area is 185 Å². The summed E-state index contributed by atoms with van der Waals surface area (Å²) in [7, 11) is 0. The molecule has 1 unspecified atom stereocenters. The molecular formula is C21H25Cl2N5O2. The van der Waals surface area contributed by atoms with Crippen molar-refractivity contribution < 1.29 is 9.59 Å². The number of hydrogen-bond acceptors (Lipinski definition) is 4. The van der Waals surface area contributed by atoms with Crippen LogP contribution in [0, 0.1) is 0 Å². The minimum absolute atomic E-state index is 0.0670. The van der Waals surface area contributed by atoms with Gasteiger partial charge in [0.05, 0.1) is 17.1 Å². The maximum atomic E-state index is 12.7. The molecule has 0 aliphatic carbocycles. The lowest BCUT2D eigenvalue weighted by atomic mass is 9.97. The van der Waals surface area contributed by atoms with E-state index in [-0.39, 0.29) is 29.3 Å². The summed E-state index contributed by atoms with van der Waals surface area (Å²) in [5.74, 6) is 1.76. The Morgan fingerprint density at radius 2 is 1.97 bits per heavy atom. The Bertz CT molecular complexity index is 945. The molecule has 9 heteroatoms. The zero-order valence-corrected chi connectivity index (χ0v) is 18.3. The van der Waals surface area contributed by atoms with Crippen molar-refractivity contribution in [3.63, 3.8) is 0 Å². The largest absolute Gasteiger partial charge is 0.343 e. The standard InChI is InChI=1S/C21H25Cl2N5O2/c22-15-7-8-16(17(23)11-15)21(30)24-12-19(29)27-9-4-5-14(13-27)20-26-25-18-6-2-1-3-10-28(18)20/h7-8,11,14H,1-6,9-10,12-13H2,(H,24,30). The average molecular weight is 450 g/mol. The molecule has 0 radical (unpaired) electrons. The molecule has 0 spiro atoms. The molecule has 2 amide bonds. The molecule has 4 rings (SSSR count). The van der Waals surface area contributed by atoms with Crippen LogP contribution in [0.2, 0.25) is 10.0 Å². The number of carbonyl (C=O) groups excluding carboxylic acids is 2. The highest BCUT2D eigenvalue weighted by Crippen LogP contribution is 2.28. The smallest absolute Gasteiger partial charge is 0.253 e. The van der Waals surface area contributed by atoms with Crippen LogP contribution >= 0.6 is 23.2 Å². The van der Waals surface area contributed by atoms with E-state index < -0.39 is 0 Å². The number of aromatic nitrogens is 3. The maximum absolute atomic E-state index is 12.7. The van der Waals surface area contributed by atoms with Crippen LogP contribution in [0.15, 0.2) is 18.2 Å². The zero-order valence-electron chi connectivity index (χ0n) is 16.7. The number of likely N-dealkylation sites (tertiary alicyclic amines) is 1. The van der Waals surface area contributed by atoms with Gasteiger partial charge >= 0.3 is 0 Å². The molecule has 2 aliphatic rings. The molecule has 3 heterocycles. The minimum Gasteiger partial charge on any atom is -0.343 e. The number of rotatable bonds is 4. The normalized spacial score (nSPS) is 19.1. The molecule has 1 fully saturated rings. The van der Waals surface area contributed by atoms with Gasteiger partial charge in [0.25, 0.3) is 5.91 Å². The number of nitrogens with zero attached hydrogens (tertiary/aromatic N) is 4. The molecule has 160 valence electrons. The molecule has 2 aromatic rings. The van der Waals surface area contributed by atoms with Crippen molar-refractivity contribution in [2.24, 2.45) is 0 Å². The second-order valence-electron chi connectivity index (χ2n) is 7.92. The van der Waals surface area contributed by atoms with Gasteiger partial charge in [-0.15, -0.1) is 10.2 Å². The van der Waals surface area contributed by atoms with E-state index in [1.54, 1.807) is 12.1 Å². The average Bonchev–Trinajstić information content (AvgIpc) is 3.00. The van der Waals surface area contributed by atoms with Gasteiger partial charge in [0.1, 0.15) is 11.6 Å². The first-order valence-corrected chi connectivity index (χ1v) is 11.2. The van der Waals surface area contributed by atoms with Crippen molar-refractivity contribution >= 4 is 35.0 Å². The monoisotopic (exact) mass is 449 g/mol. The van der Waals surface area contributed by atoms with E-state index in [1.807, 2.05) is 4.90 Å². The van der Waals surface area contributed by atoms with Crippen molar-refractivity contribution in [1.82, 2.24) is 25.0 Å². The number of benzene rings is 1. The number of halogens is 2. The number of fused-ring (bicyclic) bond motifs is 1. The first kappa shape index (κ1) is 21.1. The Balaban J connectivity index is 1.37. The predicted octanol–water partition coefficient (Wildman–Crippen LogP) is 3.45. The summed E-state index contributed by atoms with van der Waals surface area (Å²) in [6, 6.07) is 4.66. The third kappa shape index (κ3) is 4.62. The van der Waals surface area contributed by atoms with Crippen molar-refractivity contribution in [1.29, 1.82) is 0 Å². The molecule has 7 nitrogen and oxygen atoms in total. The van der Waals surface area contributed by atoms with Gasteiger partial charge in [0.2, 0.25) is 5.91 Å². The highest BCUT2D eigenvalue weighted by atomic mass is 35.5. The highest BCUT2D eigenvalue weighted by molar-refractivity contribution is 6.36. The van der Waals surface area contributed by atoms with Crippen LogP contribution in [-0.2, 0) is 17.8 Å². The fraction of sp³-hybridized carbons (Fsp3) is 0.524. The van der Waals surface area contributed by atoms with Gasteiger partial charge < -0.3 is 14.8 Å². The van der Waals surface area contributed by atoms with Crippen LogP contribution in [0.5, 0.6) is 0 Å². The second-order valence-corrected chi connectivity index (χ2v) is 8.77. The van der Waals surface area contributed by atoms with Crippen LogP contribution in [0.25, 0.3) is 0 Å². The minimum atomic E-state index is -0.388. The number of carbonyl (C=O) groups is 2. The van der Waals surface area contributed by atoms with Gasteiger partial charge in [-0.05, 0) is 43.9 Å². The summed E-state index contributed by atoms with van der Waals surface area (Å²) >= 11 is 12.0. The van der Waals surface area contributed by atoms with E-state index in [0.29, 0.717) is 23.7 Å². The van der Waals surface area contributed by atoms with Crippen LogP contribution in [0.4, 0.5) is 0 Å². The zero-order chi connectivity index (χ0) is 21.1. The molecule has 1 aromatic heterocycles. The quantitative estimate of drug-likeness (QED) is 0.774. The molecule has 30 heavy (non-hydrogen) atoms. The summed E-state index contributed by atoms with van der Waals surface area (Å²) in [6.07, 6.45) is 6.40. The fourth-order valence-corrected chi connectivity index (χ4v) is 4.75. The summed E-state index contributed by atoms with van der Waals surface area (Å²) in [5, 5.41) is 12.3. The van der Waals surface area contributed by atoms with E-state index in [9.17, 15) is 9.59 Å². The van der Waals surface area contributed by atoms with E-state index in [4.69, 9.17) is 23.2 Å². The third-order valence-corrected chi connectivity index (χ3v) is 6.40. The van der Waals surface area contributed by atoms with Gasteiger partial charge in [-0.1, -0.05) is 29.6 Å². The predicted molar refractivity (Wildman–Crippen MR) is 115 cm³/mol. The molecule has 0 saturated carbocycles. The van der Waals surface area contributed by atoms with Gasteiger partial charge in [0, 0.05) is 37.0 Å². The maximum Gasteiger partial charge on any atom is 0.253 e. The Kier molecular flexibility index (Phi) is 6.58. The number of aryl methyl sites for hydroxylation is 1. The number of piperidine rings is 1. The summed E-state index contributed by atoms with van der Waals surface area (Å²) in [5.41, 5.74) is 0.302. The lowest BCUT2D eigenvalue weighted by Gasteiger charge is -2.32. The van der Waals surface area contributed by atoms with E-state index in [2.05, 4.69) is 20.1 Å². The first-order valence-electron chi connectivity index (χ1n) is 10.5. The molecule has 1 aromatic carbocycles. The number of amides is 2. The van der Waals surface area contributed by atoms with Crippen molar-refractivity contribution in [2.45, 2.75) is 51.0 Å². The summed E-state index contributed by atoms with van der Waals surface area (Å²) in [4.78, 5) is 26.9. The first-order chi connectivity index (χ1) is 14.5. The third-order valence-electron chi connectivity index (χ3n) is 5.85. The lowest BCUT2D eigenvalue weighted by Crippen LogP contribution is -2.45. The second kappa shape index (κ2) is 9.35. The molecule has 1 N–H and O–H groups in total. The van der Waals surface area contributed by atoms with Crippen LogP contribution in [-0.4, -0.2) is 51.1 Å². The van der Waals surface area contributed by atoms with E-state index >= 15 is 0 Å². The van der Waals surface area contributed by atoms with E-state index in [0.717, 1.165) is 50.3 Å². The summed E-state index contributed by atoms with van der Waals surface area (Å²) < 4.78 is 2.26. The van der Waals surface area contributed by atoms with Gasteiger partial charge in [-0.2, -0.15) is 0 Å². The van der Waals surface area contributed by atoms with Crippen molar-refractivity contribution in [2.75, 3.05) is 19.6 Å². The Morgan fingerprint density at radius 3 is 2.80 bits per heavy atom. The molecule has 2 aliphatic heterocycles. The Morgan fingerprint density at radius 1 is 1.10 bits per heavy atom. The Hall–Kier alpha value is -2.12. The molecule has 1 atom stereocenters. The van der Waals surface area contributed by atoms with Crippen LogP contribution in [0.3, 0.4) is 0 Å². The molecular weight excluding hydrogens is 425 g/mol. The SMILES string of the molecule is O=C(NCC(=O)N1CCCC(c2nnc3n2CCCCC3)C1)c1ccc(Cl)cc1Cl. The molecule has 1 saturated heterocycles. The lowest BCUT2D eigenvalue weighted by molar-refractivity contribution is -0.131. The van der Waals surface area contributed by atoms with Crippen molar-refractivity contribution in [3.8, 4) is 0 Å². The van der Waals surface area contributed by atoms with Crippen molar-refractivity contribution in [3.05, 3.63) is 45.5 Å². The number of hydrogen-bond donors (Lipinski definition) is 1. The van der Waals surface area contributed by atoms with Gasteiger partial charge in [-0.25, -0.2) is 0 Å². The van der Waals surface area contributed by atoms with Crippen LogP contribution in [0.1, 0.15) is 60.0 Å². The highest BCUT2D eigenvalue weighted by Gasteiger charge is 2.29.